The van der Waals surface area contributed by atoms with E-state index in [1.54, 1.807) is 104 Å². The predicted octanol–water partition coefficient (Wildman–Crippen LogP) is 14.5. The molecule has 3 aliphatic heterocycles. The summed E-state index contributed by atoms with van der Waals surface area (Å²) in [6.07, 6.45) is 0.581. The molecule has 0 radical (unpaired) electrons. The number of aliphatic hydroxyl groups is 1. The van der Waals surface area contributed by atoms with E-state index in [1.807, 2.05) is 81.8 Å². The molecule has 0 aliphatic carbocycles. The maximum Gasteiger partial charge on any atom is 0.240 e. The van der Waals surface area contributed by atoms with Crippen LogP contribution in [0.5, 0.6) is 0 Å². The molecule has 13 rings (SSSR count). The Morgan fingerprint density at radius 2 is 0.628 bits per heavy atom. The van der Waals surface area contributed by atoms with E-state index in [0.29, 0.717) is 134 Å². The molecule has 31 nitrogen and oxygen atoms in total. The van der Waals surface area contributed by atoms with Gasteiger partial charge < -0.3 is 90.1 Å². The Bertz CT molecular complexity index is 6200. The first kappa shape index (κ1) is 128. The number of nitrogens with zero attached hydrogens (tertiary/aromatic N) is 3. The molecule has 3 atom stereocenters. The monoisotopic (exact) mass is 2300 g/mol. The van der Waals surface area contributed by atoms with Crippen molar-refractivity contribution in [3.63, 3.8) is 0 Å². The third kappa shape index (κ3) is 40.6. The van der Waals surface area contributed by atoms with Gasteiger partial charge in [-0.05, 0) is 271 Å². The highest BCUT2D eigenvalue weighted by Gasteiger charge is 2.33. The van der Waals surface area contributed by atoms with Crippen LogP contribution in [0.1, 0.15) is 80.7 Å². The largest absolute Gasteiger partial charge is 0.412 e. The Morgan fingerprint density at radius 1 is 0.345 bits per heavy atom. The van der Waals surface area contributed by atoms with Crippen LogP contribution in [-0.2, 0) is 112 Å². The number of fused-ring (bicyclic) bond motifs is 3. The topological polar surface area (TPSA) is 472 Å². The molecule has 46 heteroatoms. The van der Waals surface area contributed by atoms with E-state index in [1.165, 1.54) is 57.3 Å². The molecule has 14 N–H and O–H groups in total. The van der Waals surface area contributed by atoms with Crippen LogP contribution in [0.15, 0.2) is 241 Å². The summed E-state index contributed by atoms with van der Waals surface area (Å²) in [7, 11) is 3.27. The first-order chi connectivity index (χ1) is 67.7. The number of ether oxygens (including phenoxy) is 9. The van der Waals surface area contributed by atoms with Gasteiger partial charge in [0.05, 0.1) is 142 Å². The Balaban J connectivity index is 0.000000316. The van der Waals surface area contributed by atoms with Crippen LogP contribution in [0.3, 0.4) is 0 Å². The average Bonchev–Trinajstić information content (AvgIpc) is 0.786. The number of nitrogens with two attached hydrogens (primary N) is 1. The molecule has 800 valence electrons. The number of hydrogen-bond donors (Lipinski definition) is 5. The molecular formula is C99H127Cl8N7O24S7. The van der Waals surface area contributed by atoms with Crippen molar-refractivity contribution in [1.82, 2.24) is 28.9 Å². The van der Waals surface area contributed by atoms with Crippen molar-refractivity contribution in [3.8, 4) is 22.3 Å². The number of sulfone groups is 2. The number of methoxy groups -OCH3 is 1. The summed E-state index contributed by atoms with van der Waals surface area (Å²) in [5.74, 6) is -0.260. The van der Waals surface area contributed by atoms with Crippen molar-refractivity contribution in [1.29, 1.82) is 0 Å². The highest BCUT2D eigenvalue weighted by atomic mass is 35.7. The minimum absolute atomic E-state index is 0. The molecule has 3 unspecified atom stereocenters. The van der Waals surface area contributed by atoms with E-state index in [4.69, 9.17) is 144 Å². The van der Waals surface area contributed by atoms with Gasteiger partial charge in [-0.2, -0.15) is 0 Å². The third-order valence-electron chi connectivity index (χ3n) is 22.6. The number of hydrogen-bond acceptors (Lipinski definition) is 26. The Labute approximate surface area is 898 Å². The zero-order valence-corrected chi connectivity index (χ0v) is 92.3. The lowest BCUT2D eigenvalue weighted by atomic mass is 9.85. The van der Waals surface area contributed by atoms with E-state index < -0.39 is 49.7 Å². The van der Waals surface area contributed by atoms with Gasteiger partial charge in [0.1, 0.15) is 0 Å². The number of benzene rings is 10. The predicted molar refractivity (Wildman–Crippen MR) is 578 cm³/mol. The van der Waals surface area contributed by atoms with Crippen LogP contribution in [0.2, 0.25) is 30.1 Å². The lowest BCUT2D eigenvalue weighted by Gasteiger charge is -2.33. The van der Waals surface area contributed by atoms with Gasteiger partial charge in [-0.15, -0.1) is 0 Å². The van der Waals surface area contributed by atoms with E-state index in [-0.39, 0.29) is 150 Å². The number of likely N-dealkylation sites (N-methyl/N-ethyl adjacent to an activating group) is 3. The molecule has 0 amide bonds. The quantitative estimate of drug-likeness (QED) is 0.0221. The summed E-state index contributed by atoms with van der Waals surface area (Å²) in [5, 5.41) is 12.5. The molecule has 0 bridgehead atoms. The van der Waals surface area contributed by atoms with Crippen LogP contribution < -0.4 is 19.9 Å². The standard InChI is InChI=1S/C39H47Cl2N3O10S3.C24H33Cl2N3O5S.C24H31Cl2NO5S.C12H8Cl2S2.4H2O/c1-44-27-37(36-25-32(40)26-39(41)38(36)28-44)31-4-2-5-35(24-31)57(50,51)43-15-18-53-20-22-54-21-19-52-17-14-42-56(48,49)34-12-8-30(9-13-34)29-6-10-33(11-7-29)55(46,47)23-3-16-45;1-29-16-22(21-14-19(25)15-24(26)23(21)17-29)18-3-2-4-20(13-18)35(30,31)28-6-8-33-10-12-34-11-9-32-7-5-27;1-27-16-22(21-14-19(25)15-24(26)23(21)17-27)18-5-3-6-20(13-18)33(28,29)12-4-7-31-10-11-32-9-8-30-2;13-15-11-5-1-9(2-6-11)10-3-7-12(16-14)8-4-10;;;;/h2,4-13,24-26,37,42-43,45H,3,14-23,27-28H2,1H3;2-4,13-15,22,28H,5-12,16-17,27H2,1H3;3,5-6,13-15,22H,4,7-12,16-17H2,1-2H3;1-8H;4*1H2. The summed E-state index contributed by atoms with van der Waals surface area (Å²) >= 11 is 38.3. The van der Waals surface area contributed by atoms with Gasteiger partial charge >= 0.3 is 0 Å². The number of aliphatic hydroxyl groups excluding tert-OH is 1. The van der Waals surface area contributed by atoms with Crippen molar-refractivity contribution in [2.75, 3.05) is 204 Å². The van der Waals surface area contributed by atoms with Crippen LogP contribution in [-0.4, -0.2) is 288 Å². The Morgan fingerprint density at radius 3 is 0.959 bits per heavy atom. The molecule has 0 fully saturated rings. The fraction of sp³-hybridized carbons (Fsp3) is 0.394. The number of halogens is 8. The van der Waals surface area contributed by atoms with Gasteiger partial charge in [-0.1, -0.05) is 155 Å². The lowest BCUT2D eigenvalue weighted by Crippen LogP contribution is -2.31. The van der Waals surface area contributed by atoms with Gasteiger partial charge in [0, 0.05) is 143 Å². The first-order valence-corrected chi connectivity index (χ1v) is 58.6. The van der Waals surface area contributed by atoms with Crippen LogP contribution in [0, 0.1) is 0 Å². The van der Waals surface area contributed by atoms with Crippen LogP contribution in [0.25, 0.3) is 22.3 Å². The summed E-state index contributed by atoms with van der Waals surface area (Å²) in [6.45, 7) is 10.9. The number of nitrogens with one attached hydrogen (secondary N) is 3. The molecule has 0 saturated heterocycles. The van der Waals surface area contributed by atoms with Crippen LogP contribution >= 0.6 is 113 Å². The molecule has 10 aromatic carbocycles. The minimum atomic E-state index is -3.79. The van der Waals surface area contributed by atoms with Crippen molar-refractivity contribution < 1.29 is 112 Å². The second-order valence-corrected chi connectivity index (χ2v) is 47.3. The van der Waals surface area contributed by atoms with Crippen molar-refractivity contribution >= 4 is 163 Å². The average molecular weight is 2310 g/mol. The zero-order valence-electron chi connectivity index (χ0n) is 80.5. The molecule has 3 aliphatic rings. The van der Waals surface area contributed by atoms with Gasteiger partial charge in [0.15, 0.2) is 19.7 Å². The zero-order chi connectivity index (χ0) is 102. The molecule has 0 saturated carbocycles. The molecule has 145 heavy (non-hydrogen) atoms. The highest BCUT2D eigenvalue weighted by molar-refractivity contribution is 8.21. The van der Waals surface area contributed by atoms with E-state index in [2.05, 4.69) is 53.1 Å². The Hall–Kier alpha value is -5.87. The maximum atomic E-state index is 13.1. The lowest BCUT2D eigenvalue weighted by molar-refractivity contribution is 0.0167. The van der Waals surface area contributed by atoms with E-state index in [0.717, 1.165) is 90.6 Å². The second kappa shape index (κ2) is 64.9. The van der Waals surface area contributed by atoms with Gasteiger partial charge in [0.25, 0.3) is 0 Å². The van der Waals surface area contributed by atoms with Gasteiger partial charge in [0.2, 0.25) is 30.1 Å². The third-order valence-corrected chi connectivity index (χ3v) is 34.3. The normalized spacial score (nSPS) is 14.8. The van der Waals surface area contributed by atoms with Crippen LogP contribution in [0.4, 0.5) is 0 Å². The second-order valence-electron chi connectivity index (χ2n) is 33.0. The first-order valence-electron chi connectivity index (χ1n) is 45.3. The minimum Gasteiger partial charge on any atom is -0.412 e. The molecular weight excluding hydrogens is 2180 g/mol. The fourth-order valence-electron chi connectivity index (χ4n) is 15.7. The van der Waals surface area contributed by atoms with Gasteiger partial charge in [-0.3, -0.25) is 0 Å². The molecule has 10 aromatic rings. The summed E-state index contributed by atoms with van der Waals surface area (Å²) in [6, 6.07) is 60.9. The molecule has 0 aromatic heterocycles. The van der Waals surface area contributed by atoms with Crippen molar-refractivity contribution in [3.05, 3.63) is 286 Å². The highest BCUT2D eigenvalue weighted by Crippen LogP contribution is 2.43. The molecule has 0 spiro atoms. The SMILES string of the molecule is CN1Cc2c(Cl)cc(Cl)cc2C(c2cccc(S(=O)(=O)NCCOCCOCCOCCN)c2)C1.CN1Cc2c(Cl)cc(Cl)cc2C(c2cccc(S(=O)(=O)NCCOCCOCCOCCNS(=O)(=O)c3ccc(-c4ccc(S(=O)(=O)CCCO)cc4)cc3)c2)C1.COCCOCCOCCCS(=O)(=O)c1cccc(C2CN(C)Cc3c(Cl)cc(Cl)cc32)c1.ClSc1ccc(-c2ccc(SCl)cc2)cc1.O.O.O.O. The summed E-state index contributed by atoms with van der Waals surface area (Å²) in [5.41, 5.74) is 17.9. The van der Waals surface area contributed by atoms with Crippen molar-refractivity contribution in [2.24, 2.45) is 5.73 Å². The summed E-state index contributed by atoms with van der Waals surface area (Å²) in [4.78, 5) is 9.53. The number of sulfonamides is 3. The fourth-order valence-corrected chi connectivity index (χ4v) is 24.2. The smallest absolute Gasteiger partial charge is 0.240 e. The Kier molecular flexibility index (Phi) is 57.2. The number of rotatable bonds is 51. The maximum absolute atomic E-state index is 13.1. The van der Waals surface area contributed by atoms with Gasteiger partial charge in [-0.25, -0.2) is 56.3 Å². The molecule has 3 heterocycles. The van der Waals surface area contributed by atoms with E-state index >= 15 is 0 Å². The van der Waals surface area contributed by atoms with Crippen molar-refractivity contribution in [2.45, 2.75) is 84.5 Å². The summed E-state index contributed by atoms with van der Waals surface area (Å²) < 4.78 is 184. The van der Waals surface area contributed by atoms with E-state index in [9.17, 15) is 42.1 Å².